The lowest BCUT2D eigenvalue weighted by Gasteiger charge is -2.04. The van der Waals surface area contributed by atoms with E-state index in [9.17, 15) is 4.79 Å². The molecular formula is C18H17N3O3. The second-order valence-corrected chi connectivity index (χ2v) is 5.23. The highest BCUT2D eigenvalue weighted by molar-refractivity contribution is 5.94. The van der Waals surface area contributed by atoms with Crippen LogP contribution in [0, 0.1) is 6.92 Å². The number of hydrogen-bond donors (Lipinski definition) is 1. The molecule has 0 atom stereocenters. The van der Waals surface area contributed by atoms with E-state index in [-0.39, 0.29) is 12.5 Å². The van der Waals surface area contributed by atoms with Crippen LogP contribution in [0.3, 0.4) is 0 Å². The second-order valence-electron chi connectivity index (χ2n) is 5.23. The molecule has 0 fully saturated rings. The Morgan fingerprint density at radius 1 is 1.17 bits per heavy atom. The van der Waals surface area contributed by atoms with Gasteiger partial charge in [0.2, 0.25) is 11.8 Å². The second kappa shape index (κ2) is 6.95. The number of nitrogens with one attached hydrogen (secondary N) is 1. The van der Waals surface area contributed by atoms with Gasteiger partial charge in [0.05, 0.1) is 13.7 Å². The van der Waals surface area contributed by atoms with Crippen LogP contribution >= 0.6 is 0 Å². The van der Waals surface area contributed by atoms with Gasteiger partial charge >= 0.3 is 0 Å². The summed E-state index contributed by atoms with van der Waals surface area (Å²) in [6.45, 7) is 2.14. The first-order chi connectivity index (χ1) is 11.7. The maximum Gasteiger partial charge on any atom is 0.251 e. The fourth-order valence-corrected chi connectivity index (χ4v) is 2.27. The van der Waals surface area contributed by atoms with Gasteiger partial charge in [0, 0.05) is 11.1 Å². The van der Waals surface area contributed by atoms with Gasteiger partial charge < -0.3 is 14.5 Å². The number of carbonyl (C=O) groups excluding carboxylic acids is 1. The Kier molecular flexibility index (Phi) is 4.56. The van der Waals surface area contributed by atoms with Gasteiger partial charge in [-0.1, -0.05) is 24.3 Å². The zero-order valence-corrected chi connectivity index (χ0v) is 13.4. The lowest BCUT2D eigenvalue weighted by atomic mass is 10.1. The molecule has 2 aromatic carbocycles. The maximum atomic E-state index is 12.2. The average molecular weight is 323 g/mol. The molecule has 3 rings (SSSR count). The number of methoxy groups -OCH3 is 1. The van der Waals surface area contributed by atoms with Crippen LogP contribution in [0.25, 0.3) is 11.5 Å². The van der Waals surface area contributed by atoms with E-state index in [4.69, 9.17) is 9.15 Å². The van der Waals surface area contributed by atoms with Crippen LogP contribution in [0.2, 0.25) is 0 Å². The Morgan fingerprint density at radius 3 is 2.79 bits per heavy atom. The van der Waals surface area contributed by atoms with E-state index < -0.39 is 0 Å². The van der Waals surface area contributed by atoms with Crippen molar-refractivity contribution in [2.24, 2.45) is 0 Å². The fourth-order valence-electron chi connectivity index (χ4n) is 2.27. The average Bonchev–Trinajstić information content (AvgIpc) is 3.09. The topological polar surface area (TPSA) is 77.2 Å². The molecule has 0 unspecified atom stereocenters. The molecule has 24 heavy (non-hydrogen) atoms. The molecule has 6 nitrogen and oxygen atoms in total. The molecule has 3 aromatic rings. The predicted octanol–water partition coefficient (Wildman–Crippen LogP) is 2.98. The van der Waals surface area contributed by atoms with E-state index in [0.717, 1.165) is 11.1 Å². The summed E-state index contributed by atoms with van der Waals surface area (Å²) in [4.78, 5) is 12.2. The number of amides is 1. The van der Waals surface area contributed by atoms with Crippen molar-refractivity contribution in [1.82, 2.24) is 15.5 Å². The monoisotopic (exact) mass is 323 g/mol. The fraction of sp³-hybridized carbons (Fsp3) is 0.167. The Bertz CT molecular complexity index is 858. The molecule has 0 radical (unpaired) electrons. The predicted molar refractivity (Wildman–Crippen MR) is 88.6 cm³/mol. The molecular weight excluding hydrogens is 306 g/mol. The zero-order valence-electron chi connectivity index (χ0n) is 13.4. The summed E-state index contributed by atoms with van der Waals surface area (Å²) in [5, 5.41) is 10.8. The highest BCUT2D eigenvalue weighted by Crippen LogP contribution is 2.21. The number of benzene rings is 2. The Morgan fingerprint density at radius 2 is 2.00 bits per heavy atom. The van der Waals surface area contributed by atoms with Gasteiger partial charge in [-0.3, -0.25) is 4.79 Å². The molecule has 0 aliphatic rings. The highest BCUT2D eigenvalue weighted by Gasteiger charge is 2.12. The minimum absolute atomic E-state index is 0.162. The summed E-state index contributed by atoms with van der Waals surface area (Å²) in [7, 11) is 1.56. The summed E-state index contributed by atoms with van der Waals surface area (Å²) in [6.07, 6.45) is 0. The molecule has 0 saturated carbocycles. The summed E-state index contributed by atoms with van der Waals surface area (Å²) in [6, 6.07) is 14.7. The number of carbonyl (C=O) groups is 1. The number of aromatic nitrogens is 2. The van der Waals surface area contributed by atoms with Gasteiger partial charge in [-0.25, -0.2) is 0 Å². The molecule has 1 N–H and O–H groups in total. The lowest BCUT2D eigenvalue weighted by molar-refractivity contribution is 0.0947. The van der Waals surface area contributed by atoms with E-state index >= 15 is 0 Å². The number of aryl methyl sites for hydroxylation is 1. The first-order valence-electron chi connectivity index (χ1n) is 7.48. The van der Waals surface area contributed by atoms with Crippen LogP contribution < -0.4 is 10.1 Å². The van der Waals surface area contributed by atoms with Crippen molar-refractivity contribution in [3.8, 4) is 17.2 Å². The molecule has 0 aliphatic heterocycles. The number of nitrogens with zero attached hydrogens (tertiary/aromatic N) is 2. The van der Waals surface area contributed by atoms with Crippen molar-refractivity contribution in [2.75, 3.05) is 7.11 Å². The summed E-state index contributed by atoms with van der Waals surface area (Å²) in [5.41, 5.74) is 2.44. The standard InChI is InChI=1S/C18H17N3O3/c1-12-6-3-4-9-15(12)18-21-20-16(24-18)11-19-17(22)13-7-5-8-14(10-13)23-2/h3-10H,11H2,1-2H3,(H,19,22). The van der Waals surface area contributed by atoms with Crippen molar-refractivity contribution in [3.05, 3.63) is 65.5 Å². The molecule has 122 valence electrons. The molecule has 1 heterocycles. The van der Waals surface area contributed by atoms with Crippen LogP contribution in [0.15, 0.2) is 52.9 Å². The van der Waals surface area contributed by atoms with E-state index in [1.165, 1.54) is 0 Å². The molecule has 1 aromatic heterocycles. The summed E-state index contributed by atoms with van der Waals surface area (Å²) >= 11 is 0. The number of hydrogen-bond acceptors (Lipinski definition) is 5. The van der Waals surface area contributed by atoms with Crippen LogP contribution in [0.5, 0.6) is 5.75 Å². The third-order valence-corrected chi connectivity index (χ3v) is 3.57. The van der Waals surface area contributed by atoms with Crippen LogP contribution in [0.1, 0.15) is 21.8 Å². The van der Waals surface area contributed by atoms with Crippen molar-refractivity contribution in [2.45, 2.75) is 13.5 Å². The molecule has 0 saturated heterocycles. The van der Waals surface area contributed by atoms with E-state index in [1.807, 2.05) is 31.2 Å². The van der Waals surface area contributed by atoms with E-state index in [1.54, 1.807) is 31.4 Å². The first-order valence-corrected chi connectivity index (χ1v) is 7.48. The molecule has 6 heteroatoms. The van der Waals surface area contributed by atoms with Crippen LogP contribution in [0.4, 0.5) is 0 Å². The minimum Gasteiger partial charge on any atom is -0.497 e. The van der Waals surface area contributed by atoms with E-state index in [0.29, 0.717) is 23.1 Å². The third kappa shape index (κ3) is 3.43. The Labute approximate surface area is 139 Å². The van der Waals surface area contributed by atoms with Crippen LogP contribution in [-0.4, -0.2) is 23.2 Å². The van der Waals surface area contributed by atoms with Crippen molar-refractivity contribution in [3.63, 3.8) is 0 Å². The minimum atomic E-state index is -0.232. The quantitative estimate of drug-likeness (QED) is 0.781. The normalized spacial score (nSPS) is 10.4. The smallest absolute Gasteiger partial charge is 0.251 e. The maximum absolute atomic E-state index is 12.2. The molecule has 1 amide bonds. The van der Waals surface area contributed by atoms with Gasteiger partial charge in [0.15, 0.2) is 0 Å². The summed E-state index contributed by atoms with van der Waals surface area (Å²) < 4.78 is 10.7. The van der Waals surface area contributed by atoms with Gasteiger partial charge in [0.1, 0.15) is 5.75 Å². The van der Waals surface area contributed by atoms with E-state index in [2.05, 4.69) is 15.5 Å². The van der Waals surface area contributed by atoms with Gasteiger partial charge in [-0.15, -0.1) is 10.2 Å². The van der Waals surface area contributed by atoms with Gasteiger partial charge in [-0.05, 0) is 36.8 Å². The molecule has 0 aliphatic carbocycles. The van der Waals surface area contributed by atoms with Gasteiger partial charge in [-0.2, -0.15) is 0 Å². The largest absolute Gasteiger partial charge is 0.497 e. The number of rotatable bonds is 5. The van der Waals surface area contributed by atoms with Crippen molar-refractivity contribution in [1.29, 1.82) is 0 Å². The molecule has 0 bridgehead atoms. The molecule has 0 spiro atoms. The Hall–Kier alpha value is -3.15. The zero-order chi connectivity index (χ0) is 16.9. The first kappa shape index (κ1) is 15.7. The highest BCUT2D eigenvalue weighted by atomic mass is 16.5. The summed E-state index contributed by atoms with van der Waals surface area (Å²) in [5.74, 6) is 1.19. The third-order valence-electron chi connectivity index (χ3n) is 3.57. The number of ether oxygens (including phenoxy) is 1. The lowest BCUT2D eigenvalue weighted by Crippen LogP contribution is -2.22. The van der Waals surface area contributed by atoms with Crippen molar-refractivity contribution >= 4 is 5.91 Å². The SMILES string of the molecule is COc1cccc(C(=O)NCc2nnc(-c3ccccc3C)o2)c1. The van der Waals surface area contributed by atoms with Crippen molar-refractivity contribution < 1.29 is 13.9 Å². The Balaban J connectivity index is 1.67. The van der Waals surface area contributed by atoms with Gasteiger partial charge in [0.25, 0.3) is 5.91 Å². The van der Waals surface area contributed by atoms with Crippen LogP contribution in [-0.2, 0) is 6.54 Å².